The molecule has 1 aliphatic carbocycles. The van der Waals surface area contributed by atoms with Crippen molar-refractivity contribution >= 4 is 0 Å². The molecule has 1 saturated heterocycles. The van der Waals surface area contributed by atoms with E-state index in [2.05, 4.69) is 10.1 Å². The second-order valence-electron chi connectivity index (χ2n) is 5.08. The molecule has 1 aromatic heterocycles. The van der Waals surface area contributed by atoms with Crippen LogP contribution in [0.2, 0.25) is 0 Å². The van der Waals surface area contributed by atoms with E-state index in [1.54, 1.807) is 0 Å². The molecule has 2 heterocycles. The lowest BCUT2D eigenvalue weighted by Crippen LogP contribution is -2.17. The van der Waals surface area contributed by atoms with E-state index >= 15 is 0 Å². The number of hydrogen-bond acceptors (Lipinski definition) is 5. The third-order valence-electron chi connectivity index (χ3n) is 4.03. The summed E-state index contributed by atoms with van der Waals surface area (Å²) in [4.78, 5) is 4.56. The Kier molecular flexibility index (Phi) is 3.11. The average Bonchev–Trinajstić information content (AvgIpc) is 3.09. The third kappa shape index (κ3) is 2.09. The van der Waals surface area contributed by atoms with Crippen LogP contribution in [0.25, 0.3) is 0 Å². The van der Waals surface area contributed by atoms with Crippen molar-refractivity contribution in [3.05, 3.63) is 11.7 Å². The number of ether oxygens (including phenoxy) is 1. The van der Waals surface area contributed by atoms with E-state index in [1.165, 1.54) is 12.8 Å². The molecule has 0 spiro atoms. The Morgan fingerprint density at radius 2 is 2.24 bits per heavy atom. The molecule has 0 radical (unpaired) electrons. The second-order valence-corrected chi connectivity index (χ2v) is 5.08. The lowest BCUT2D eigenvalue weighted by atomic mass is 9.96. The molecule has 1 aliphatic heterocycles. The molecule has 3 atom stereocenters. The van der Waals surface area contributed by atoms with Crippen LogP contribution in [0.3, 0.4) is 0 Å². The molecule has 17 heavy (non-hydrogen) atoms. The molecule has 5 nitrogen and oxygen atoms in total. The molecule has 0 bridgehead atoms. The van der Waals surface area contributed by atoms with Crippen molar-refractivity contribution in [1.29, 1.82) is 0 Å². The number of nitrogens with zero attached hydrogens (tertiary/aromatic N) is 2. The van der Waals surface area contributed by atoms with Crippen LogP contribution < -0.4 is 5.73 Å². The van der Waals surface area contributed by atoms with Crippen LogP contribution in [0.1, 0.15) is 49.2 Å². The van der Waals surface area contributed by atoms with Gasteiger partial charge in [-0.05, 0) is 31.7 Å². The monoisotopic (exact) mass is 237 g/mol. The van der Waals surface area contributed by atoms with Crippen LogP contribution in [0.4, 0.5) is 0 Å². The highest BCUT2D eigenvalue weighted by Gasteiger charge is 2.33. The fourth-order valence-electron chi connectivity index (χ4n) is 2.95. The number of nitrogens with two attached hydrogens (primary N) is 1. The minimum absolute atomic E-state index is 0.324. The summed E-state index contributed by atoms with van der Waals surface area (Å²) >= 11 is 0. The maximum Gasteiger partial charge on any atom is 0.230 e. The van der Waals surface area contributed by atoms with E-state index in [0.29, 0.717) is 17.8 Å². The van der Waals surface area contributed by atoms with E-state index in [1.807, 2.05) is 0 Å². The van der Waals surface area contributed by atoms with Gasteiger partial charge < -0.3 is 15.0 Å². The molecule has 2 fully saturated rings. The zero-order valence-electron chi connectivity index (χ0n) is 9.97. The molecule has 1 aromatic rings. The Labute approximate surface area is 101 Å². The van der Waals surface area contributed by atoms with Gasteiger partial charge in [-0.25, -0.2) is 0 Å². The van der Waals surface area contributed by atoms with Gasteiger partial charge in [0.25, 0.3) is 0 Å². The van der Waals surface area contributed by atoms with Gasteiger partial charge in [0.2, 0.25) is 5.89 Å². The van der Waals surface area contributed by atoms with Crippen molar-refractivity contribution in [1.82, 2.24) is 10.1 Å². The molecule has 5 heteroatoms. The summed E-state index contributed by atoms with van der Waals surface area (Å²) in [5.74, 6) is 2.83. The van der Waals surface area contributed by atoms with Crippen LogP contribution in [-0.2, 0) is 4.74 Å². The van der Waals surface area contributed by atoms with Crippen LogP contribution in [-0.4, -0.2) is 29.9 Å². The van der Waals surface area contributed by atoms with Gasteiger partial charge in [-0.15, -0.1) is 0 Å². The summed E-state index contributed by atoms with van der Waals surface area (Å²) in [6.07, 6.45) is 4.54. The summed E-state index contributed by atoms with van der Waals surface area (Å²) < 4.78 is 10.8. The first-order valence-electron chi connectivity index (χ1n) is 6.50. The Bertz CT molecular complexity index is 374. The molecule has 1 saturated carbocycles. The first-order valence-corrected chi connectivity index (χ1v) is 6.50. The standard InChI is InChI=1S/C12H19N3O2/c13-6-8-2-1-3-10(8)12-14-11(15-17-12)9-4-5-16-7-9/h8-10H,1-7,13H2. The summed E-state index contributed by atoms with van der Waals surface area (Å²) in [5.41, 5.74) is 5.78. The molecular formula is C12H19N3O2. The third-order valence-corrected chi connectivity index (χ3v) is 4.03. The quantitative estimate of drug-likeness (QED) is 0.860. The Morgan fingerprint density at radius 3 is 3.00 bits per heavy atom. The molecule has 3 rings (SSSR count). The van der Waals surface area contributed by atoms with Gasteiger partial charge in [0, 0.05) is 18.4 Å². The zero-order chi connectivity index (χ0) is 11.7. The van der Waals surface area contributed by atoms with E-state index in [-0.39, 0.29) is 0 Å². The Balaban J connectivity index is 1.75. The number of aromatic nitrogens is 2. The first-order chi connectivity index (χ1) is 8.38. The Morgan fingerprint density at radius 1 is 1.29 bits per heavy atom. The summed E-state index contributed by atoms with van der Waals surface area (Å²) in [6, 6.07) is 0. The summed E-state index contributed by atoms with van der Waals surface area (Å²) in [5, 5.41) is 4.10. The topological polar surface area (TPSA) is 74.2 Å². The highest BCUT2D eigenvalue weighted by atomic mass is 16.5. The van der Waals surface area contributed by atoms with Crippen molar-refractivity contribution < 1.29 is 9.26 Å². The predicted molar refractivity (Wildman–Crippen MR) is 61.6 cm³/mol. The zero-order valence-corrected chi connectivity index (χ0v) is 9.97. The molecule has 94 valence electrons. The predicted octanol–water partition coefficient (Wildman–Crippen LogP) is 1.42. The maximum atomic E-state index is 5.78. The van der Waals surface area contributed by atoms with Gasteiger partial charge in [-0.3, -0.25) is 0 Å². The fraction of sp³-hybridized carbons (Fsp3) is 0.833. The molecule has 2 N–H and O–H groups in total. The molecule has 0 amide bonds. The molecule has 2 aliphatic rings. The van der Waals surface area contributed by atoms with Crippen LogP contribution in [0, 0.1) is 5.92 Å². The number of hydrogen-bond donors (Lipinski definition) is 1. The highest BCUT2D eigenvalue weighted by Crippen LogP contribution is 2.38. The smallest absolute Gasteiger partial charge is 0.230 e. The van der Waals surface area contributed by atoms with E-state index < -0.39 is 0 Å². The van der Waals surface area contributed by atoms with E-state index in [9.17, 15) is 0 Å². The Hall–Kier alpha value is -0.940. The SMILES string of the molecule is NCC1CCCC1c1nc(C2CCOC2)no1. The van der Waals surface area contributed by atoms with Crippen LogP contribution in [0.5, 0.6) is 0 Å². The lowest BCUT2D eigenvalue weighted by molar-refractivity contribution is 0.192. The van der Waals surface area contributed by atoms with Crippen molar-refractivity contribution in [2.24, 2.45) is 11.7 Å². The van der Waals surface area contributed by atoms with Crippen molar-refractivity contribution in [3.63, 3.8) is 0 Å². The summed E-state index contributed by atoms with van der Waals surface area (Å²) in [7, 11) is 0. The van der Waals surface area contributed by atoms with Gasteiger partial charge in [0.1, 0.15) is 0 Å². The van der Waals surface area contributed by atoms with Crippen LogP contribution >= 0.6 is 0 Å². The molecule has 0 aromatic carbocycles. The molecule has 3 unspecified atom stereocenters. The second kappa shape index (κ2) is 4.74. The largest absolute Gasteiger partial charge is 0.381 e. The normalized spacial score (nSPS) is 33.4. The van der Waals surface area contributed by atoms with Crippen molar-refractivity contribution in [2.45, 2.75) is 37.5 Å². The van der Waals surface area contributed by atoms with Gasteiger partial charge in [0.05, 0.1) is 6.61 Å². The minimum atomic E-state index is 0.324. The first kappa shape index (κ1) is 11.2. The molecular weight excluding hydrogens is 218 g/mol. The lowest BCUT2D eigenvalue weighted by Gasteiger charge is -2.12. The van der Waals surface area contributed by atoms with Gasteiger partial charge >= 0.3 is 0 Å². The minimum Gasteiger partial charge on any atom is -0.381 e. The average molecular weight is 237 g/mol. The van der Waals surface area contributed by atoms with Crippen LogP contribution in [0.15, 0.2) is 4.52 Å². The van der Waals surface area contributed by atoms with E-state index in [4.69, 9.17) is 15.0 Å². The van der Waals surface area contributed by atoms with Gasteiger partial charge in [0.15, 0.2) is 5.82 Å². The van der Waals surface area contributed by atoms with E-state index in [0.717, 1.165) is 44.3 Å². The fourth-order valence-corrected chi connectivity index (χ4v) is 2.95. The maximum absolute atomic E-state index is 5.78. The highest BCUT2D eigenvalue weighted by molar-refractivity contribution is 5.04. The van der Waals surface area contributed by atoms with Gasteiger partial charge in [-0.1, -0.05) is 11.6 Å². The van der Waals surface area contributed by atoms with Crippen molar-refractivity contribution in [2.75, 3.05) is 19.8 Å². The van der Waals surface area contributed by atoms with Gasteiger partial charge in [-0.2, -0.15) is 4.98 Å². The summed E-state index contributed by atoms with van der Waals surface area (Å²) in [6.45, 7) is 2.25. The number of rotatable bonds is 3. The van der Waals surface area contributed by atoms with Crippen molar-refractivity contribution in [3.8, 4) is 0 Å².